The third kappa shape index (κ3) is 3.73. The third-order valence-corrected chi connectivity index (χ3v) is 5.90. The van der Waals surface area contributed by atoms with Gasteiger partial charge in [0.05, 0.1) is 19.3 Å². The topological polar surface area (TPSA) is 99.2 Å². The lowest BCUT2D eigenvalue weighted by Crippen LogP contribution is -2.25. The maximum Gasteiger partial charge on any atom is 0.223 e. The van der Waals surface area contributed by atoms with Crippen LogP contribution in [0.3, 0.4) is 0 Å². The van der Waals surface area contributed by atoms with Crippen LogP contribution in [0, 0.1) is 13.8 Å². The van der Waals surface area contributed by atoms with E-state index in [1.807, 2.05) is 24.6 Å². The van der Waals surface area contributed by atoms with Crippen LogP contribution in [0.15, 0.2) is 17.2 Å². The van der Waals surface area contributed by atoms with Gasteiger partial charge >= 0.3 is 0 Å². The van der Waals surface area contributed by atoms with Crippen molar-refractivity contribution >= 4 is 28.6 Å². The molecule has 0 bridgehead atoms. The van der Waals surface area contributed by atoms with Crippen molar-refractivity contribution in [2.24, 2.45) is 0 Å². The number of ether oxygens (including phenoxy) is 1. The van der Waals surface area contributed by atoms with Gasteiger partial charge in [0.2, 0.25) is 5.95 Å². The quantitative estimate of drug-likeness (QED) is 0.623. The number of nitrogens with zero attached hydrogens (tertiary/aromatic N) is 5. The normalized spacial score (nSPS) is 14.5. The number of likely N-dealkylation sites (tertiary alicyclic amines) is 1. The summed E-state index contributed by atoms with van der Waals surface area (Å²) in [5.41, 5.74) is 9.49. The zero-order valence-corrected chi connectivity index (χ0v) is 18.2. The fraction of sp³-hybridized carbons (Fsp3) is 0.429. The van der Waals surface area contributed by atoms with Crippen LogP contribution < -0.4 is 15.9 Å². The molecule has 0 spiro atoms. The van der Waals surface area contributed by atoms with Crippen LogP contribution in [-0.2, 0) is 13.1 Å². The summed E-state index contributed by atoms with van der Waals surface area (Å²) < 4.78 is 7.42. The average molecular weight is 429 g/mol. The number of fused-ring (bicyclic) bond motifs is 1. The lowest BCUT2D eigenvalue weighted by Gasteiger charge is -2.18. The molecule has 8 nitrogen and oxygen atoms in total. The Balaban J connectivity index is 1.87. The van der Waals surface area contributed by atoms with Crippen LogP contribution in [-0.4, -0.2) is 44.6 Å². The van der Waals surface area contributed by atoms with E-state index in [1.165, 1.54) is 0 Å². The molecule has 0 amide bonds. The van der Waals surface area contributed by atoms with Gasteiger partial charge in [-0.15, -0.1) is 0 Å². The van der Waals surface area contributed by atoms with Gasteiger partial charge in [-0.3, -0.25) is 14.7 Å². The summed E-state index contributed by atoms with van der Waals surface area (Å²) in [5.74, 6) is 0.828. The van der Waals surface area contributed by atoms with Gasteiger partial charge in [-0.1, -0.05) is 11.6 Å². The highest BCUT2D eigenvalue weighted by Crippen LogP contribution is 2.26. The molecular formula is C21H25ClN6O2. The molecule has 1 fully saturated rings. The van der Waals surface area contributed by atoms with Gasteiger partial charge in [0.15, 0.2) is 11.1 Å². The molecule has 4 heterocycles. The average Bonchev–Trinajstić information content (AvgIpc) is 3.20. The smallest absolute Gasteiger partial charge is 0.223 e. The number of halogens is 1. The predicted molar refractivity (Wildman–Crippen MR) is 117 cm³/mol. The summed E-state index contributed by atoms with van der Waals surface area (Å²) in [4.78, 5) is 28.4. The van der Waals surface area contributed by atoms with E-state index in [0.29, 0.717) is 29.7 Å². The van der Waals surface area contributed by atoms with Crippen molar-refractivity contribution < 1.29 is 4.74 Å². The van der Waals surface area contributed by atoms with E-state index in [-0.39, 0.29) is 16.5 Å². The van der Waals surface area contributed by atoms with E-state index in [9.17, 15) is 4.79 Å². The van der Waals surface area contributed by atoms with E-state index in [4.69, 9.17) is 22.1 Å². The zero-order valence-electron chi connectivity index (χ0n) is 17.4. The molecule has 0 radical (unpaired) electrons. The molecule has 3 aromatic rings. The standard InChI is InChI=1S/C21H25ClN6O2/c1-12-8-24-15(13(2)18(12)30-3)11-28-10-14(9-27-6-4-5-7-27)17(29)16-19(22)25-21(23)26-20(16)28/h8,10H,4-7,9,11H2,1-3H3,(H2,23,25,26). The molecule has 30 heavy (non-hydrogen) atoms. The van der Waals surface area contributed by atoms with Gasteiger partial charge in [-0.05, 0) is 39.8 Å². The predicted octanol–water partition coefficient (Wildman–Crippen LogP) is 2.69. The molecule has 1 saturated heterocycles. The highest BCUT2D eigenvalue weighted by atomic mass is 35.5. The Bertz CT molecular complexity index is 1170. The number of anilines is 1. The number of pyridine rings is 2. The highest BCUT2D eigenvalue weighted by molar-refractivity contribution is 6.34. The number of methoxy groups -OCH3 is 1. The van der Waals surface area contributed by atoms with E-state index in [2.05, 4.69) is 19.9 Å². The van der Waals surface area contributed by atoms with E-state index >= 15 is 0 Å². The van der Waals surface area contributed by atoms with Gasteiger partial charge < -0.3 is 15.0 Å². The van der Waals surface area contributed by atoms with Crippen LogP contribution in [0.5, 0.6) is 5.75 Å². The molecule has 0 aromatic carbocycles. The second kappa shape index (κ2) is 8.20. The molecule has 0 atom stereocenters. The van der Waals surface area contributed by atoms with E-state index in [0.717, 1.165) is 48.5 Å². The summed E-state index contributed by atoms with van der Waals surface area (Å²) in [5, 5.41) is 0.366. The number of hydrogen-bond donors (Lipinski definition) is 1. The maximum absolute atomic E-state index is 13.2. The molecule has 3 aromatic heterocycles. The fourth-order valence-electron chi connectivity index (χ4n) is 4.12. The van der Waals surface area contributed by atoms with Crippen LogP contribution in [0.2, 0.25) is 5.15 Å². The Morgan fingerprint density at radius 3 is 2.63 bits per heavy atom. The summed E-state index contributed by atoms with van der Waals surface area (Å²) in [6.45, 7) is 6.87. The van der Waals surface area contributed by atoms with Crippen LogP contribution >= 0.6 is 11.6 Å². The SMILES string of the molecule is COc1c(C)cnc(Cn2cc(CN3CCCC3)c(=O)c3c(Cl)nc(N)nc32)c1C. The summed E-state index contributed by atoms with van der Waals surface area (Å²) in [6.07, 6.45) is 5.93. The first-order chi connectivity index (χ1) is 14.4. The molecule has 0 saturated carbocycles. The summed E-state index contributed by atoms with van der Waals surface area (Å²) in [6, 6.07) is 0. The Labute approximate surface area is 179 Å². The second-order valence-electron chi connectivity index (χ2n) is 7.71. The lowest BCUT2D eigenvalue weighted by atomic mass is 10.1. The Kier molecular flexibility index (Phi) is 5.62. The largest absolute Gasteiger partial charge is 0.496 e. The number of hydrogen-bond acceptors (Lipinski definition) is 7. The fourth-order valence-corrected chi connectivity index (χ4v) is 4.37. The van der Waals surface area contributed by atoms with Crippen LogP contribution in [0.1, 0.15) is 35.2 Å². The molecule has 2 N–H and O–H groups in total. The summed E-state index contributed by atoms with van der Waals surface area (Å²) in [7, 11) is 1.65. The van der Waals surface area contributed by atoms with Gasteiger partial charge in [-0.2, -0.15) is 4.98 Å². The van der Waals surface area contributed by atoms with Gasteiger partial charge in [0.1, 0.15) is 16.3 Å². The van der Waals surface area contributed by atoms with Crippen molar-refractivity contribution in [3.8, 4) is 5.75 Å². The first-order valence-electron chi connectivity index (χ1n) is 9.95. The number of nitrogens with two attached hydrogens (primary N) is 1. The highest BCUT2D eigenvalue weighted by Gasteiger charge is 2.20. The number of nitrogen functional groups attached to an aromatic ring is 1. The van der Waals surface area contributed by atoms with Crippen molar-refractivity contribution in [1.82, 2.24) is 24.4 Å². The molecule has 158 valence electrons. The van der Waals surface area contributed by atoms with E-state index in [1.54, 1.807) is 13.3 Å². The van der Waals surface area contributed by atoms with Crippen molar-refractivity contribution in [1.29, 1.82) is 0 Å². The maximum atomic E-state index is 13.2. The molecule has 1 aliphatic heterocycles. The minimum atomic E-state index is -0.149. The van der Waals surface area contributed by atoms with Crippen molar-refractivity contribution in [3.05, 3.63) is 50.2 Å². The molecule has 0 unspecified atom stereocenters. The second-order valence-corrected chi connectivity index (χ2v) is 8.07. The Morgan fingerprint density at radius 2 is 1.93 bits per heavy atom. The molecular weight excluding hydrogens is 404 g/mol. The molecule has 0 aliphatic carbocycles. The van der Waals surface area contributed by atoms with Gasteiger partial charge in [-0.25, -0.2) is 4.98 Å². The van der Waals surface area contributed by atoms with Gasteiger partial charge in [0, 0.05) is 35.6 Å². The monoisotopic (exact) mass is 428 g/mol. The van der Waals surface area contributed by atoms with E-state index < -0.39 is 0 Å². The molecule has 4 rings (SSSR count). The van der Waals surface area contributed by atoms with Crippen molar-refractivity contribution in [2.45, 2.75) is 39.8 Å². The summed E-state index contributed by atoms with van der Waals surface area (Å²) >= 11 is 6.34. The Hall–Kier alpha value is -2.71. The first kappa shape index (κ1) is 20.6. The minimum absolute atomic E-state index is 0.0270. The van der Waals surface area contributed by atoms with Crippen LogP contribution in [0.4, 0.5) is 5.95 Å². The lowest BCUT2D eigenvalue weighted by molar-refractivity contribution is 0.329. The number of rotatable bonds is 5. The number of aryl methyl sites for hydroxylation is 1. The number of aromatic nitrogens is 4. The van der Waals surface area contributed by atoms with Gasteiger partial charge in [0.25, 0.3) is 0 Å². The first-order valence-corrected chi connectivity index (χ1v) is 10.3. The Morgan fingerprint density at radius 1 is 1.20 bits per heavy atom. The third-order valence-electron chi connectivity index (χ3n) is 5.63. The molecule has 1 aliphatic rings. The van der Waals surface area contributed by atoms with Crippen LogP contribution in [0.25, 0.3) is 11.0 Å². The minimum Gasteiger partial charge on any atom is -0.496 e. The van der Waals surface area contributed by atoms with Crippen molar-refractivity contribution in [2.75, 3.05) is 25.9 Å². The zero-order chi connectivity index (χ0) is 21.4. The van der Waals surface area contributed by atoms with Crippen molar-refractivity contribution in [3.63, 3.8) is 0 Å². The molecule has 9 heteroatoms.